The third-order valence-corrected chi connectivity index (χ3v) is 6.34. The molecule has 0 saturated heterocycles. The van der Waals surface area contributed by atoms with Crippen molar-refractivity contribution >= 4 is 0 Å². The molecule has 0 bridgehead atoms. The van der Waals surface area contributed by atoms with Gasteiger partial charge in [-0.25, -0.2) is 4.98 Å². The summed E-state index contributed by atoms with van der Waals surface area (Å²) in [6, 6.07) is 3.91. The van der Waals surface area contributed by atoms with Gasteiger partial charge in [0.25, 0.3) is 0 Å². The topological polar surface area (TPSA) is 49.8 Å². The van der Waals surface area contributed by atoms with E-state index in [1.807, 2.05) is 12.1 Å². The molecule has 3 rings (SSSR count). The van der Waals surface area contributed by atoms with Crippen LogP contribution in [0.3, 0.4) is 0 Å². The summed E-state index contributed by atoms with van der Waals surface area (Å²) in [5, 5.41) is 0. The molecule has 1 heterocycles. The Bertz CT molecular complexity index is 899. The molecule has 1 aromatic heterocycles. The van der Waals surface area contributed by atoms with Crippen LogP contribution in [0.5, 0.6) is 5.75 Å². The molecule has 5 heteroatoms. The van der Waals surface area contributed by atoms with E-state index in [0.717, 1.165) is 50.2 Å². The summed E-state index contributed by atoms with van der Waals surface area (Å²) in [6.07, 6.45) is 7.71. The average Bonchev–Trinajstić information content (AvgIpc) is 2.65. The quantitative estimate of drug-likeness (QED) is 0.344. The SMILES string of the molecule is CC(C)(C#Cc1ccc(OC2CC(OC(C)(C)C)C2)cn1)CC(C)(C)COC1CC(OC(C)(C)C)C1. The number of hydrogen-bond donors (Lipinski definition) is 0. The molecule has 0 N–H and O–H groups in total. The molecular formula is C31H49NO4. The van der Waals surface area contributed by atoms with Crippen LogP contribution in [-0.2, 0) is 14.2 Å². The molecule has 5 nitrogen and oxygen atoms in total. The smallest absolute Gasteiger partial charge is 0.138 e. The lowest BCUT2D eigenvalue weighted by Crippen LogP contribution is -2.43. The molecular weight excluding hydrogens is 450 g/mol. The fourth-order valence-corrected chi connectivity index (χ4v) is 5.04. The van der Waals surface area contributed by atoms with Crippen molar-refractivity contribution in [1.82, 2.24) is 4.98 Å². The zero-order valence-corrected chi connectivity index (χ0v) is 24.4. The minimum absolute atomic E-state index is 0.0383. The highest BCUT2D eigenvalue weighted by atomic mass is 16.5. The third-order valence-electron chi connectivity index (χ3n) is 6.34. The highest BCUT2D eigenvalue weighted by Crippen LogP contribution is 2.36. The maximum Gasteiger partial charge on any atom is 0.138 e. The Balaban J connectivity index is 1.41. The summed E-state index contributed by atoms with van der Waals surface area (Å²) >= 11 is 0. The maximum absolute atomic E-state index is 6.22. The van der Waals surface area contributed by atoms with Crippen LogP contribution in [0.2, 0.25) is 0 Å². The van der Waals surface area contributed by atoms with Crippen LogP contribution in [0.1, 0.15) is 107 Å². The second-order valence-electron chi connectivity index (χ2n) is 14.2. The lowest BCUT2D eigenvalue weighted by atomic mass is 9.75. The molecule has 0 aliphatic heterocycles. The van der Waals surface area contributed by atoms with Gasteiger partial charge in [-0.15, -0.1) is 0 Å². The van der Waals surface area contributed by atoms with Gasteiger partial charge in [-0.05, 0) is 98.1 Å². The largest absolute Gasteiger partial charge is 0.489 e. The van der Waals surface area contributed by atoms with E-state index in [4.69, 9.17) is 18.9 Å². The second kappa shape index (κ2) is 11.0. The fourth-order valence-electron chi connectivity index (χ4n) is 5.04. The molecule has 0 spiro atoms. The highest BCUT2D eigenvalue weighted by molar-refractivity contribution is 5.32. The number of nitrogens with zero attached hydrogens (tertiary/aromatic N) is 1. The number of hydrogen-bond acceptors (Lipinski definition) is 5. The van der Waals surface area contributed by atoms with Crippen LogP contribution >= 0.6 is 0 Å². The lowest BCUT2D eigenvalue weighted by molar-refractivity contribution is -0.157. The standard InChI is InChI=1S/C31H49NO4/c1-28(2,3)35-26-15-24(16-26)33-21-31(9,10)20-30(7,8)14-13-22-11-12-23(19-32-22)34-25-17-27(18-25)36-29(4,5)6/h11-12,19,24-27H,15-18,20-21H2,1-10H3. The van der Waals surface area contributed by atoms with Crippen molar-refractivity contribution in [3.63, 3.8) is 0 Å². The molecule has 0 amide bonds. The van der Waals surface area contributed by atoms with Gasteiger partial charge < -0.3 is 18.9 Å². The van der Waals surface area contributed by atoms with Crippen molar-refractivity contribution in [1.29, 1.82) is 0 Å². The Morgan fingerprint density at radius 3 is 1.83 bits per heavy atom. The van der Waals surface area contributed by atoms with Crippen LogP contribution in [-0.4, -0.2) is 47.2 Å². The number of ether oxygens (including phenoxy) is 4. The van der Waals surface area contributed by atoms with Gasteiger partial charge in [-0.3, -0.25) is 0 Å². The summed E-state index contributed by atoms with van der Waals surface area (Å²) < 4.78 is 24.3. The van der Waals surface area contributed by atoms with Gasteiger partial charge in [0.2, 0.25) is 0 Å². The minimum Gasteiger partial charge on any atom is -0.489 e. The second-order valence-corrected chi connectivity index (χ2v) is 14.2. The van der Waals surface area contributed by atoms with Crippen LogP contribution in [0.15, 0.2) is 18.3 Å². The molecule has 0 atom stereocenters. The Morgan fingerprint density at radius 1 is 0.778 bits per heavy atom. The molecule has 2 fully saturated rings. The summed E-state index contributed by atoms with van der Waals surface area (Å²) in [6.45, 7) is 22.3. The molecule has 2 aliphatic carbocycles. The van der Waals surface area contributed by atoms with Crippen molar-refractivity contribution in [2.45, 2.75) is 137 Å². The molecule has 0 aromatic carbocycles. The van der Waals surface area contributed by atoms with E-state index >= 15 is 0 Å². The first-order valence-electron chi connectivity index (χ1n) is 13.6. The van der Waals surface area contributed by atoms with Crippen molar-refractivity contribution in [3.05, 3.63) is 24.0 Å². The monoisotopic (exact) mass is 499 g/mol. The van der Waals surface area contributed by atoms with E-state index in [2.05, 4.69) is 86.1 Å². The molecule has 36 heavy (non-hydrogen) atoms. The van der Waals surface area contributed by atoms with Crippen LogP contribution < -0.4 is 4.74 Å². The molecule has 2 aliphatic rings. The third kappa shape index (κ3) is 10.0. The van der Waals surface area contributed by atoms with Gasteiger partial charge in [-0.1, -0.05) is 19.8 Å². The molecule has 202 valence electrons. The normalized spacial score (nSPS) is 24.8. The Morgan fingerprint density at radius 2 is 1.33 bits per heavy atom. The summed E-state index contributed by atoms with van der Waals surface area (Å²) in [5.41, 5.74) is 0.480. The Hall–Kier alpha value is -1.61. The summed E-state index contributed by atoms with van der Waals surface area (Å²) in [4.78, 5) is 4.51. The lowest BCUT2D eigenvalue weighted by Gasteiger charge is -2.41. The first kappa shape index (κ1) is 29.0. The molecule has 2 saturated carbocycles. The zero-order valence-electron chi connectivity index (χ0n) is 24.4. The highest BCUT2D eigenvalue weighted by Gasteiger charge is 2.36. The molecule has 0 unspecified atom stereocenters. The summed E-state index contributed by atoms with van der Waals surface area (Å²) in [5.74, 6) is 7.51. The Kier molecular flexibility index (Phi) is 8.86. The fraction of sp³-hybridized carbons (Fsp3) is 0.774. The predicted octanol–water partition coefficient (Wildman–Crippen LogP) is 6.96. The van der Waals surface area contributed by atoms with Gasteiger partial charge in [0.1, 0.15) is 17.5 Å². The zero-order chi connectivity index (χ0) is 26.8. The number of rotatable bonds is 9. The summed E-state index contributed by atoms with van der Waals surface area (Å²) in [7, 11) is 0. The minimum atomic E-state index is -0.144. The van der Waals surface area contributed by atoms with Crippen LogP contribution in [0.4, 0.5) is 0 Å². The van der Waals surface area contributed by atoms with Gasteiger partial charge >= 0.3 is 0 Å². The molecule has 0 radical (unpaired) electrons. The van der Waals surface area contributed by atoms with E-state index in [0.29, 0.717) is 12.2 Å². The number of aromatic nitrogens is 1. The van der Waals surface area contributed by atoms with Crippen molar-refractivity contribution in [2.24, 2.45) is 10.8 Å². The van der Waals surface area contributed by atoms with E-state index in [-0.39, 0.29) is 34.2 Å². The Labute approximate surface area is 220 Å². The van der Waals surface area contributed by atoms with Gasteiger partial charge in [-0.2, -0.15) is 0 Å². The van der Waals surface area contributed by atoms with Crippen molar-refractivity contribution in [3.8, 4) is 17.6 Å². The number of pyridine rings is 1. The predicted molar refractivity (Wildman–Crippen MR) is 145 cm³/mol. The van der Waals surface area contributed by atoms with E-state index in [1.165, 1.54) is 0 Å². The van der Waals surface area contributed by atoms with Gasteiger partial charge in [0.05, 0.1) is 42.3 Å². The van der Waals surface area contributed by atoms with Crippen molar-refractivity contribution < 1.29 is 18.9 Å². The van der Waals surface area contributed by atoms with E-state index in [1.54, 1.807) is 6.20 Å². The van der Waals surface area contributed by atoms with E-state index < -0.39 is 0 Å². The van der Waals surface area contributed by atoms with Crippen LogP contribution in [0, 0.1) is 22.7 Å². The maximum atomic E-state index is 6.22. The first-order valence-corrected chi connectivity index (χ1v) is 13.6. The van der Waals surface area contributed by atoms with E-state index in [9.17, 15) is 0 Å². The van der Waals surface area contributed by atoms with Gasteiger partial charge in [0.15, 0.2) is 0 Å². The van der Waals surface area contributed by atoms with Crippen molar-refractivity contribution in [2.75, 3.05) is 6.61 Å². The molecule has 1 aromatic rings. The van der Waals surface area contributed by atoms with Gasteiger partial charge in [0, 0.05) is 18.3 Å². The average molecular weight is 500 g/mol. The van der Waals surface area contributed by atoms with Crippen LogP contribution in [0.25, 0.3) is 0 Å². The first-order chi connectivity index (χ1) is 16.5.